The third-order valence-corrected chi connectivity index (χ3v) is 5.85. The molecule has 132 valence electrons. The second-order valence-electron chi connectivity index (χ2n) is 6.42. The van der Waals surface area contributed by atoms with Crippen LogP contribution in [0.25, 0.3) is 0 Å². The normalized spacial score (nSPS) is 26.7. The molecule has 3 aliphatic rings. The van der Waals surface area contributed by atoms with E-state index in [1.165, 1.54) is 7.11 Å². The van der Waals surface area contributed by atoms with Crippen molar-refractivity contribution in [1.29, 1.82) is 0 Å². The minimum absolute atomic E-state index is 0.0299. The number of carbonyl (C=O) groups is 2. The molecule has 0 N–H and O–H groups in total. The van der Waals surface area contributed by atoms with Crippen molar-refractivity contribution in [3.05, 3.63) is 34.3 Å². The van der Waals surface area contributed by atoms with E-state index < -0.39 is 11.9 Å². The average molecular weight is 408 g/mol. The number of hydrogen-bond donors (Lipinski definition) is 0. The molecule has 1 unspecified atom stereocenters. The molecular weight excluding hydrogens is 390 g/mol. The van der Waals surface area contributed by atoms with Gasteiger partial charge in [0.05, 0.1) is 13.2 Å². The van der Waals surface area contributed by atoms with Gasteiger partial charge >= 0.3 is 5.97 Å². The molecule has 0 aromatic heterocycles. The van der Waals surface area contributed by atoms with Gasteiger partial charge in [0, 0.05) is 16.9 Å². The van der Waals surface area contributed by atoms with Crippen LogP contribution in [0, 0.1) is 11.8 Å². The molecule has 2 heterocycles. The number of carbonyl (C=O) groups excluding carboxylic acids is 2. The van der Waals surface area contributed by atoms with Crippen molar-refractivity contribution in [2.45, 2.75) is 25.4 Å². The number of fused-ring (bicyclic) bond motifs is 2. The molecule has 1 fully saturated rings. The standard InChI is InChI=1S/C18H18BrNO5/c1-23-18(22)16-11-4-2-3-5-13(11)20(17(16)21)8-10-6-14-15(7-12(10)19)25-9-24-14/h3,5-7,11,13,16H,2,4,8-9H2,1H3/t11-,13+,16?/m1/s1. The van der Waals surface area contributed by atoms with E-state index in [0.29, 0.717) is 18.0 Å². The van der Waals surface area contributed by atoms with Gasteiger partial charge in [0.25, 0.3) is 0 Å². The van der Waals surface area contributed by atoms with Crippen molar-refractivity contribution >= 4 is 27.8 Å². The van der Waals surface area contributed by atoms with E-state index in [-0.39, 0.29) is 24.7 Å². The lowest BCUT2D eigenvalue weighted by Gasteiger charge is -2.28. The fraction of sp³-hybridized carbons (Fsp3) is 0.444. The first-order chi connectivity index (χ1) is 12.1. The van der Waals surface area contributed by atoms with E-state index >= 15 is 0 Å². The second-order valence-corrected chi connectivity index (χ2v) is 7.28. The minimum atomic E-state index is -0.715. The largest absolute Gasteiger partial charge is 0.468 e. The Morgan fingerprint density at radius 2 is 2.12 bits per heavy atom. The predicted octanol–water partition coefficient (Wildman–Crippen LogP) is 2.64. The summed E-state index contributed by atoms with van der Waals surface area (Å²) >= 11 is 3.54. The maximum Gasteiger partial charge on any atom is 0.318 e. The average Bonchev–Trinajstić information content (AvgIpc) is 3.17. The second kappa shape index (κ2) is 6.37. The Labute approximate surface area is 153 Å². The van der Waals surface area contributed by atoms with Crippen molar-refractivity contribution in [1.82, 2.24) is 4.90 Å². The zero-order valence-corrected chi connectivity index (χ0v) is 15.3. The molecule has 0 bridgehead atoms. The van der Waals surface area contributed by atoms with E-state index in [0.717, 1.165) is 22.9 Å². The van der Waals surface area contributed by atoms with E-state index in [2.05, 4.69) is 22.0 Å². The number of methoxy groups -OCH3 is 1. The third-order valence-electron chi connectivity index (χ3n) is 5.11. The molecule has 1 aromatic rings. The number of nitrogens with zero attached hydrogens (tertiary/aromatic N) is 1. The summed E-state index contributed by atoms with van der Waals surface area (Å²) in [4.78, 5) is 26.9. The predicted molar refractivity (Wildman–Crippen MR) is 92.0 cm³/mol. The van der Waals surface area contributed by atoms with Crippen molar-refractivity contribution in [3.63, 3.8) is 0 Å². The summed E-state index contributed by atoms with van der Waals surface area (Å²) in [5, 5.41) is 0. The smallest absolute Gasteiger partial charge is 0.318 e. The highest BCUT2D eigenvalue weighted by Crippen LogP contribution is 2.42. The van der Waals surface area contributed by atoms with Crippen molar-refractivity contribution in [2.75, 3.05) is 13.9 Å². The van der Waals surface area contributed by atoms with Crippen LogP contribution in [0.5, 0.6) is 11.5 Å². The fourth-order valence-corrected chi connectivity index (χ4v) is 4.34. The van der Waals surface area contributed by atoms with Crippen LogP contribution < -0.4 is 9.47 Å². The molecule has 1 aromatic carbocycles. The topological polar surface area (TPSA) is 65.1 Å². The van der Waals surface area contributed by atoms with Gasteiger partial charge in [-0.05, 0) is 30.5 Å². The number of ether oxygens (including phenoxy) is 3. The molecule has 0 saturated carbocycles. The van der Waals surface area contributed by atoms with Crippen molar-refractivity contribution in [3.8, 4) is 11.5 Å². The van der Waals surface area contributed by atoms with Crippen LogP contribution in [0.2, 0.25) is 0 Å². The van der Waals surface area contributed by atoms with E-state index in [9.17, 15) is 9.59 Å². The number of hydrogen-bond acceptors (Lipinski definition) is 5. The summed E-state index contributed by atoms with van der Waals surface area (Å²) in [6.07, 6.45) is 5.81. The Kier molecular flexibility index (Phi) is 4.19. The van der Waals surface area contributed by atoms with Gasteiger partial charge in [0.15, 0.2) is 11.5 Å². The molecule has 25 heavy (non-hydrogen) atoms. The molecular formula is C18H18BrNO5. The molecule has 7 heteroatoms. The zero-order chi connectivity index (χ0) is 17.6. The maximum atomic E-state index is 12.9. The molecule has 2 aliphatic heterocycles. The highest BCUT2D eigenvalue weighted by atomic mass is 79.9. The summed E-state index contributed by atoms with van der Waals surface area (Å²) in [5.74, 6) is 0.00217. The number of likely N-dealkylation sites (tertiary alicyclic amines) is 1. The summed E-state index contributed by atoms with van der Waals surface area (Å²) in [6.45, 7) is 0.598. The van der Waals surface area contributed by atoms with Gasteiger partial charge in [0.1, 0.15) is 5.92 Å². The summed E-state index contributed by atoms with van der Waals surface area (Å²) in [6, 6.07) is 3.65. The van der Waals surface area contributed by atoms with Crippen LogP contribution in [-0.4, -0.2) is 36.7 Å². The first-order valence-electron chi connectivity index (χ1n) is 8.23. The van der Waals surface area contributed by atoms with Gasteiger partial charge in [-0.25, -0.2) is 0 Å². The Balaban J connectivity index is 1.65. The zero-order valence-electron chi connectivity index (χ0n) is 13.7. The Morgan fingerprint density at radius 1 is 1.36 bits per heavy atom. The first-order valence-corrected chi connectivity index (χ1v) is 9.02. The van der Waals surface area contributed by atoms with Gasteiger partial charge in [-0.15, -0.1) is 0 Å². The lowest BCUT2D eigenvalue weighted by molar-refractivity contribution is -0.151. The third kappa shape index (κ3) is 2.70. The monoisotopic (exact) mass is 407 g/mol. The van der Waals surface area contributed by atoms with Crippen LogP contribution in [-0.2, 0) is 20.9 Å². The van der Waals surface area contributed by atoms with Crippen LogP contribution in [0.1, 0.15) is 18.4 Å². The van der Waals surface area contributed by atoms with Gasteiger partial charge in [0.2, 0.25) is 12.7 Å². The lowest BCUT2D eigenvalue weighted by Crippen LogP contribution is -2.34. The van der Waals surface area contributed by atoms with Crippen LogP contribution in [0.4, 0.5) is 0 Å². The van der Waals surface area contributed by atoms with E-state index in [1.54, 1.807) is 4.90 Å². The number of halogens is 1. The molecule has 1 amide bonds. The van der Waals surface area contributed by atoms with E-state index in [1.807, 2.05) is 18.2 Å². The molecule has 0 radical (unpaired) electrons. The SMILES string of the molecule is COC(=O)C1C(=O)N(Cc2cc3c(cc2Br)OCO3)[C@H]2C=CCC[C@@H]12. The van der Waals surface area contributed by atoms with Gasteiger partial charge in [-0.1, -0.05) is 28.1 Å². The number of amides is 1. The summed E-state index contributed by atoms with van der Waals surface area (Å²) in [7, 11) is 1.33. The summed E-state index contributed by atoms with van der Waals surface area (Å²) in [5.41, 5.74) is 0.917. The molecule has 6 nitrogen and oxygen atoms in total. The maximum absolute atomic E-state index is 12.9. The lowest BCUT2D eigenvalue weighted by atomic mass is 9.83. The molecule has 3 atom stereocenters. The van der Waals surface area contributed by atoms with Crippen LogP contribution >= 0.6 is 15.9 Å². The number of allylic oxidation sites excluding steroid dienone is 1. The highest BCUT2D eigenvalue weighted by molar-refractivity contribution is 9.10. The number of benzene rings is 1. The quantitative estimate of drug-likeness (QED) is 0.437. The first kappa shape index (κ1) is 16.4. The highest BCUT2D eigenvalue weighted by Gasteiger charge is 2.51. The van der Waals surface area contributed by atoms with Gasteiger partial charge < -0.3 is 19.1 Å². The fourth-order valence-electron chi connectivity index (χ4n) is 3.90. The van der Waals surface area contributed by atoms with Gasteiger partial charge in [-0.3, -0.25) is 9.59 Å². The van der Waals surface area contributed by atoms with Crippen LogP contribution in [0.15, 0.2) is 28.8 Å². The van der Waals surface area contributed by atoms with Gasteiger partial charge in [-0.2, -0.15) is 0 Å². The molecule has 0 spiro atoms. The Hall–Kier alpha value is -2.02. The molecule has 1 saturated heterocycles. The number of esters is 1. The Morgan fingerprint density at radius 3 is 2.88 bits per heavy atom. The Bertz CT molecular complexity index is 762. The van der Waals surface area contributed by atoms with Crippen LogP contribution in [0.3, 0.4) is 0 Å². The van der Waals surface area contributed by atoms with Crippen molar-refractivity contribution < 1.29 is 23.8 Å². The van der Waals surface area contributed by atoms with E-state index in [4.69, 9.17) is 14.2 Å². The minimum Gasteiger partial charge on any atom is -0.468 e. The molecule has 1 aliphatic carbocycles. The number of rotatable bonds is 3. The van der Waals surface area contributed by atoms with Crippen molar-refractivity contribution in [2.24, 2.45) is 11.8 Å². The summed E-state index contributed by atoms with van der Waals surface area (Å²) < 4.78 is 16.5. The molecule has 4 rings (SSSR count).